The summed E-state index contributed by atoms with van der Waals surface area (Å²) in [7, 11) is 2.98. The quantitative estimate of drug-likeness (QED) is 0.712. The Kier molecular flexibility index (Phi) is 5.74. The number of nitrogens with zero attached hydrogens (tertiary/aromatic N) is 2. The average Bonchev–Trinajstić information content (AvgIpc) is 2.72. The highest BCUT2D eigenvalue weighted by Gasteiger charge is 2.18. The fourth-order valence-electron chi connectivity index (χ4n) is 2.78. The molecule has 0 bridgehead atoms. The SMILES string of the molecule is COc1cccc(CNC(=O)c2nn(-c3ccccc3C)c(=O)cc2OC)c1. The molecule has 0 spiro atoms. The number of nitrogens with one attached hydrogen (secondary N) is 1. The molecule has 0 aliphatic rings. The van der Waals surface area contributed by atoms with Crippen LogP contribution in [0.2, 0.25) is 0 Å². The van der Waals surface area contributed by atoms with Gasteiger partial charge in [-0.2, -0.15) is 9.78 Å². The lowest BCUT2D eigenvalue weighted by Crippen LogP contribution is -2.30. The van der Waals surface area contributed by atoms with Crippen molar-refractivity contribution in [3.05, 3.63) is 81.8 Å². The maximum atomic E-state index is 12.7. The summed E-state index contributed by atoms with van der Waals surface area (Å²) in [6.45, 7) is 2.15. The molecular formula is C21H21N3O4. The Morgan fingerprint density at radius 1 is 1.07 bits per heavy atom. The molecule has 2 aromatic carbocycles. The minimum absolute atomic E-state index is 0.0354. The Hall–Kier alpha value is -3.61. The lowest BCUT2D eigenvalue weighted by molar-refractivity contribution is 0.0940. The topological polar surface area (TPSA) is 82.5 Å². The van der Waals surface area contributed by atoms with Crippen molar-refractivity contribution >= 4 is 5.91 Å². The van der Waals surface area contributed by atoms with E-state index in [2.05, 4.69) is 10.4 Å². The van der Waals surface area contributed by atoms with Gasteiger partial charge in [0.15, 0.2) is 11.4 Å². The molecule has 7 heteroatoms. The second-order valence-corrected chi connectivity index (χ2v) is 6.13. The first-order chi connectivity index (χ1) is 13.5. The third-order valence-electron chi connectivity index (χ3n) is 4.26. The molecule has 1 heterocycles. The number of ether oxygens (including phenoxy) is 2. The van der Waals surface area contributed by atoms with Gasteiger partial charge in [0, 0.05) is 6.54 Å². The second-order valence-electron chi connectivity index (χ2n) is 6.13. The summed E-state index contributed by atoms with van der Waals surface area (Å²) < 4.78 is 11.6. The van der Waals surface area contributed by atoms with Crippen molar-refractivity contribution in [1.29, 1.82) is 0 Å². The molecule has 144 valence electrons. The van der Waals surface area contributed by atoms with E-state index < -0.39 is 5.91 Å². The molecular weight excluding hydrogens is 358 g/mol. The van der Waals surface area contributed by atoms with Crippen molar-refractivity contribution in [2.45, 2.75) is 13.5 Å². The van der Waals surface area contributed by atoms with Gasteiger partial charge in [0.1, 0.15) is 5.75 Å². The van der Waals surface area contributed by atoms with Gasteiger partial charge < -0.3 is 14.8 Å². The van der Waals surface area contributed by atoms with Crippen LogP contribution in [0.4, 0.5) is 0 Å². The first-order valence-electron chi connectivity index (χ1n) is 8.69. The zero-order valence-electron chi connectivity index (χ0n) is 15.9. The fourth-order valence-corrected chi connectivity index (χ4v) is 2.78. The van der Waals surface area contributed by atoms with E-state index in [4.69, 9.17) is 9.47 Å². The van der Waals surface area contributed by atoms with Gasteiger partial charge in [-0.25, -0.2) is 0 Å². The van der Waals surface area contributed by atoms with Crippen LogP contribution >= 0.6 is 0 Å². The molecule has 0 saturated carbocycles. The van der Waals surface area contributed by atoms with Crippen molar-refractivity contribution in [1.82, 2.24) is 15.1 Å². The minimum atomic E-state index is -0.443. The van der Waals surface area contributed by atoms with Crippen molar-refractivity contribution in [3.63, 3.8) is 0 Å². The van der Waals surface area contributed by atoms with E-state index in [1.165, 1.54) is 17.9 Å². The Balaban J connectivity index is 1.91. The molecule has 0 aliphatic carbocycles. The molecule has 0 saturated heterocycles. The largest absolute Gasteiger partial charge is 0.497 e. The number of rotatable bonds is 6. The summed E-state index contributed by atoms with van der Waals surface area (Å²) in [6, 6.07) is 16.0. The van der Waals surface area contributed by atoms with E-state index in [0.29, 0.717) is 11.4 Å². The number of carbonyl (C=O) groups excluding carboxylic acids is 1. The van der Waals surface area contributed by atoms with E-state index in [9.17, 15) is 9.59 Å². The first kappa shape index (κ1) is 19.2. The van der Waals surface area contributed by atoms with Crippen molar-refractivity contribution in [2.24, 2.45) is 0 Å². The predicted molar refractivity (Wildman–Crippen MR) is 105 cm³/mol. The molecule has 3 rings (SSSR count). The van der Waals surface area contributed by atoms with E-state index >= 15 is 0 Å². The molecule has 1 aromatic heterocycles. The smallest absolute Gasteiger partial charge is 0.275 e. The summed E-state index contributed by atoms with van der Waals surface area (Å²) in [5, 5.41) is 7.06. The zero-order valence-corrected chi connectivity index (χ0v) is 15.9. The highest BCUT2D eigenvalue weighted by molar-refractivity contribution is 5.94. The van der Waals surface area contributed by atoms with Gasteiger partial charge in [-0.3, -0.25) is 9.59 Å². The number of benzene rings is 2. The Labute approximate surface area is 162 Å². The predicted octanol–water partition coefficient (Wildman–Crippen LogP) is 2.49. The van der Waals surface area contributed by atoms with Crippen molar-refractivity contribution < 1.29 is 14.3 Å². The van der Waals surface area contributed by atoms with Crippen LogP contribution in [0.1, 0.15) is 21.6 Å². The normalized spacial score (nSPS) is 10.4. The van der Waals surface area contributed by atoms with Crippen LogP contribution in [0.25, 0.3) is 5.69 Å². The number of aromatic nitrogens is 2. The van der Waals surface area contributed by atoms with Gasteiger partial charge in [0.2, 0.25) is 0 Å². The monoisotopic (exact) mass is 379 g/mol. The highest BCUT2D eigenvalue weighted by atomic mass is 16.5. The average molecular weight is 379 g/mol. The lowest BCUT2D eigenvalue weighted by atomic mass is 10.2. The molecule has 7 nitrogen and oxygen atoms in total. The van der Waals surface area contributed by atoms with Crippen LogP contribution in [-0.2, 0) is 6.54 Å². The maximum Gasteiger partial charge on any atom is 0.275 e. The molecule has 1 amide bonds. The van der Waals surface area contributed by atoms with Gasteiger partial charge in [0.25, 0.3) is 11.5 Å². The van der Waals surface area contributed by atoms with Gasteiger partial charge in [0.05, 0.1) is 26.0 Å². The summed E-state index contributed by atoms with van der Waals surface area (Å²) >= 11 is 0. The van der Waals surface area contributed by atoms with Crippen LogP contribution in [0.5, 0.6) is 11.5 Å². The molecule has 0 radical (unpaired) electrons. The number of amides is 1. The van der Waals surface area contributed by atoms with Crippen LogP contribution in [0, 0.1) is 6.92 Å². The summed E-state index contributed by atoms with van der Waals surface area (Å²) in [5.74, 6) is 0.385. The molecule has 0 fully saturated rings. The Bertz CT molecular complexity index is 1060. The maximum absolute atomic E-state index is 12.7. The number of hydrogen-bond acceptors (Lipinski definition) is 5. The third-order valence-corrected chi connectivity index (χ3v) is 4.26. The summed E-state index contributed by atoms with van der Waals surface area (Å²) in [5.41, 5.74) is 2.00. The van der Waals surface area contributed by atoms with Crippen LogP contribution in [0.15, 0.2) is 59.4 Å². The van der Waals surface area contributed by atoms with Crippen molar-refractivity contribution in [3.8, 4) is 17.2 Å². The Morgan fingerprint density at radius 2 is 1.86 bits per heavy atom. The third kappa shape index (κ3) is 4.03. The zero-order chi connectivity index (χ0) is 20.1. The lowest BCUT2D eigenvalue weighted by Gasteiger charge is -2.13. The molecule has 3 aromatic rings. The number of hydrogen-bond donors (Lipinski definition) is 1. The number of aryl methyl sites for hydroxylation is 1. The van der Waals surface area contributed by atoms with Crippen LogP contribution < -0.4 is 20.3 Å². The van der Waals surface area contributed by atoms with E-state index in [1.54, 1.807) is 13.2 Å². The molecule has 0 aliphatic heterocycles. The molecule has 28 heavy (non-hydrogen) atoms. The number of carbonyl (C=O) groups is 1. The Morgan fingerprint density at radius 3 is 2.57 bits per heavy atom. The highest BCUT2D eigenvalue weighted by Crippen LogP contribution is 2.17. The van der Waals surface area contributed by atoms with Gasteiger partial charge in [-0.1, -0.05) is 30.3 Å². The van der Waals surface area contributed by atoms with Crippen LogP contribution in [0.3, 0.4) is 0 Å². The second kappa shape index (κ2) is 8.39. The first-order valence-corrected chi connectivity index (χ1v) is 8.69. The standard InChI is InChI=1S/C21H21N3O4/c1-14-7-4-5-10-17(14)24-19(25)12-18(28-3)20(23-24)21(26)22-13-15-8-6-9-16(11-15)27-2/h4-12H,13H2,1-3H3,(H,22,26). The fraction of sp³-hybridized carbons (Fsp3) is 0.190. The molecule has 0 unspecified atom stereocenters. The molecule has 1 N–H and O–H groups in total. The van der Waals surface area contributed by atoms with Crippen LogP contribution in [-0.4, -0.2) is 29.9 Å². The van der Waals surface area contributed by atoms with Gasteiger partial charge in [-0.05, 0) is 36.2 Å². The number of para-hydroxylation sites is 1. The van der Waals surface area contributed by atoms with Gasteiger partial charge in [-0.15, -0.1) is 0 Å². The molecule has 0 atom stereocenters. The number of methoxy groups -OCH3 is 2. The van der Waals surface area contributed by atoms with E-state index in [1.807, 2.05) is 49.4 Å². The van der Waals surface area contributed by atoms with E-state index in [0.717, 1.165) is 11.1 Å². The summed E-state index contributed by atoms with van der Waals surface area (Å²) in [6.07, 6.45) is 0. The minimum Gasteiger partial charge on any atom is -0.497 e. The van der Waals surface area contributed by atoms with Gasteiger partial charge >= 0.3 is 0 Å². The summed E-state index contributed by atoms with van der Waals surface area (Å²) in [4.78, 5) is 25.2. The van der Waals surface area contributed by atoms with Crippen molar-refractivity contribution in [2.75, 3.05) is 14.2 Å². The van der Waals surface area contributed by atoms with E-state index in [-0.39, 0.29) is 23.5 Å².